The van der Waals surface area contributed by atoms with Crippen LogP contribution in [-0.4, -0.2) is 74.4 Å². The monoisotopic (exact) mass is 503 g/mol. The lowest BCUT2D eigenvalue weighted by Gasteiger charge is -2.43. The van der Waals surface area contributed by atoms with Gasteiger partial charge >= 0.3 is 6.09 Å². The number of carbonyl (C=O) groups excluding carboxylic acids is 1. The lowest BCUT2D eigenvalue weighted by Crippen LogP contribution is -2.62. The van der Waals surface area contributed by atoms with Gasteiger partial charge in [0.25, 0.3) is 0 Å². The van der Waals surface area contributed by atoms with Crippen LogP contribution in [0.5, 0.6) is 5.75 Å². The second-order valence-corrected chi connectivity index (χ2v) is 9.71. The third-order valence-corrected chi connectivity index (χ3v) is 7.26. The summed E-state index contributed by atoms with van der Waals surface area (Å²) in [7, 11) is 0. The molecule has 5 rings (SSSR count). The van der Waals surface area contributed by atoms with Crippen molar-refractivity contribution in [2.75, 3.05) is 31.1 Å². The Morgan fingerprint density at radius 1 is 1.27 bits per heavy atom. The molecule has 5 heterocycles. The average Bonchev–Trinajstić information content (AvgIpc) is 3.26. The summed E-state index contributed by atoms with van der Waals surface area (Å²) in [6.07, 6.45) is 6.05. The number of nitriles is 1. The van der Waals surface area contributed by atoms with Crippen LogP contribution < -0.4 is 15.0 Å². The van der Waals surface area contributed by atoms with Crippen LogP contribution in [0, 0.1) is 11.3 Å². The van der Waals surface area contributed by atoms with E-state index in [4.69, 9.17) is 9.72 Å². The number of rotatable bonds is 6. The van der Waals surface area contributed by atoms with E-state index in [0.717, 1.165) is 29.8 Å². The average molecular weight is 504 g/mol. The van der Waals surface area contributed by atoms with Crippen molar-refractivity contribution in [2.45, 2.75) is 44.7 Å². The number of pyridine rings is 2. The molecule has 0 saturated carbocycles. The number of hydrogen-bond acceptors (Lipinski definition) is 7. The standard InChI is InChI=1S/C26H29N7O4/c1-3-37-19-12-20(23-18(13-27)15-29-33(23)16-19)17-4-5-22(28-14-17)31-10-7-26(2,8-11-31)30-24(34)21-6-9-32(21)25(35)36/h4-5,12,14-16,21H,3,6-11H2,1-2H3,(H,30,34)(H,35,36)/t21-/m0/s1. The van der Waals surface area contributed by atoms with Crippen molar-refractivity contribution in [3.8, 4) is 22.9 Å². The summed E-state index contributed by atoms with van der Waals surface area (Å²) in [5, 5.41) is 26.1. The molecule has 2 N–H and O–H groups in total. The molecule has 0 radical (unpaired) electrons. The van der Waals surface area contributed by atoms with Crippen molar-refractivity contribution in [1.29, 1.82) is 5.26 Å². The third kappa shape index (κ3) is 4.62. The number of piperidine rings is 1. The number of anilines is 1. The molecule has 11 heteroatoms. The Bertz CT molecular complexity index is 1370. The normalized spacial score (nSPS) is 18.7. The Balaban J connectivity index is 1.29. The maximum atomic E-state index is 12.6. The summed E-state index contributed by atoms with van der Waals surface area (Å²) < 4.78 is 7.35. The molecule has 2 saturated heterocycles. The van der Waals surface area contributed by atoms with Crippen LogP contribution in [0.25, 0.3) is 16.6 Å². The first-order valence-electron chi connectivity index (χ1n) is 12.4. The summed E-state index contributed by atoms with van der Waals surface area (Å²) in [6.45, 7) is 6.26. The Kier molecular flexibility index (Phi) is 6.33. The number of aromatic nitrogens is 3. The van der Waals surface area contributed by atoms with Crippen LogP contribution in [0.4, 0.5) is 10.6 Å². The largest absolute Gasteiger partial charge is 0.492 e. The third-order valence-electron chi connectivity index (χ3n) is 7.26. The fourth-order valence-corrected chi connectivity index (χ4v) is 5.00. The molecule has 11 nitrogen and oxygen atoms in total. The zero-order valence-corrected chi connectivity index (χ0v) is 20.8. The molecule has 192 valence electrons. The quantitative estimate of drug-likeness (QED) is 0.524. The smallest absolute Gasteiger partial charge is 0.407 e. The number of fused-ring (bicyclic) bond motifs is 1. The lowest BCUT2D eigenvalue weighted by atomic mass is 9.88. The molecule has 1 atom stereocenters. The highest BCUT2D eigenvalue weighted by molar-refractivity contribution is 5.87. The molecular formula is C26H29N7O4. The molecule has 0 bridgehead atoms. The van der Waals surface area contributed by atoms with Gasteiger partial charge in [-0.2, -0.15) is 10.4 Å². The highest BCUT2D eigenvalue weighted by Crippen LogP contribution is 2.32. The second kappa shape index (κ2) is 9.61. The topological polar surface area (TPSA) is 136 Å². The first-order chi connectivity index (χ1) is 17.8. The van der Waals surface area contributed by atoms with Gasteiger partial charge in [0.05, 0.1) is 30.1 Å². The maximum Gasteiger partial charge on any atom is 0.407 e. The van der Waals surface area contributed by atoms with Crippen molar-refractivity contribution < 1.29 is 19.4 Å². The predicted octanol–water partition coefficient (Wildman–Crippen LogP) is 2.89. The van der Waals surface area contributed by atoms with E-state index in [1.54, 1.807) is 23.1 Å². The Labute approximate surface area is 214 Å². The van der Waals surface area contributed by atoms with Gasteiger partial charge in [0, 0.05) is 42.5 Å². The van der Waals surface area contributed by atoms with Gasteiger partial charge in [0.2, 0.25) is 5.91 Å². The van der Waals surface area contributed by atoms with Crippen molar-refractivity contribution in [2.24, 2.45) is 0 Å². The van der Waals surface area contributed by atoms with E-state index < -0.39 is 17.7 Å². The maximum absolute atomic E-state index is 12.6. The molecule has 3 aromatic heterocycles. The van der Waals surface area contributed by atoms with Gasteiger partial charge in [-0.15, -0.1) is 0 Å². The zero-order valence-electron chi connectivity index (χ0n) is 20.8. The number of hydrogen-bond donors (Lipinski definition) is 2. The van der Waals surface area contributed by atoms with Gasteiger partial charge in [-0.3, -0.25) is 9.69 Å². The van der Waals surface area contributed by atoms with E-state index in [1.165, 1.54) is 4.90 Å². The van der Waals surface area contributed by atoms with E-state index in [-0.39, 0.29) is 5.91 Å². The number of nitrogens with one attached hydrogen (secondary N) is 1. The summed E-state index contributed by atoms with van der Waals surface area (Å²) in [5.74, 6) is 1.27. The van der Waals surface area contributed by atoms with Gasteiger partial charge in [-0.1, -0.05) is 0 Å². The van der Waals surface area contributed by atoms with Gasteiger partial charge < -0.3 is 20.1 Å². The van der Waals surface area contributed by atoms with Gasteiger partial charge in [-0.25, -0.2) is 14.3 Å². The van der Waals surface area contributed by atoms with Crippen molar-refractivity contribution in [3.05, 3.63) is 42.4 Å². The minimum absolute atomic E-state index is 0.218. The molecule has 3 aromatic rings. The van der Waals surface area contributed by atoms with E-state index in [9.17, 15) is 20.0 Å². The number of likely N-dealkylation sites (tertiary alicyclic amines) is 1. The molecule has 0 unspecified atom stereocenters. The lowest BCUT2D eigenvalue weighted by molar-refractivity contribution is -0.131. The van der Waals surface area contributed by atoms with Crippen LogP contribution >= 0.6 is 0 Å². The van der Waals surface area contributed by atoms with Crippen molar-refractivity contribution in [3.63, 3.8) is 0 Å². The van der Waals surface area contributed by atoms with Crippen molar-refractivity contribution in [1.82, 2.24) is 24.8 Å². The SMILES string of the molecule is CCOc1cc(-c2ccc(N3CCC(C)(NC(=O)[C@@H]4CCN4C(=O)O)CC3)nc2)c2c(C#N)cnn2c1. The predicted molar refractivity (Wildman–Crippen MR) is 135 cm³/mol. The minimum atomic E-state index is -1.05. The van der Waals surface area contributed by atoms with Crippen LogP contribution in [0.2, 0.25) is 0 Å². The van der Waals surface area contributed by atoms with Gasteiger partial charge in [-0.05, 0) is 51.3 Å². The van der Waals surface area contributed by atoms with Crippen LogP contribution in [0.1, 0.15) is 38.7 Å². The van der Waals surface area contributed by atoms with Gasteiger partial charge in [0.15, 0.2) is 0 Å². The molecule has 2 aliphatic heterocycles. The number of ether oxygens (including phenoxy) is 1. The van der Waals surface area contributed by atoms with E-state index >= 15 is 0 Å². The molecular weight excluding hydrogens is 474 g/mol. The van der Waals surface area contributed by atoms with Crippen LogP contribution in [0.3, 0.4) is 0 Å². The molecule has 37 heavy (non-hydrogen) atoms. The van der Waals surface area contributed by atoms with Gasteiger partial charge in [0.1, 0.15) is 23.7 Å². The molecule has 2 aliphatic rings. The molecule has 2 amide bonds. The fraction of sp³-hybridized carbons (Fsp3) is 0.423. The van der Waals surface area contributed by atoms with E-state index in [1.807, 2.05) is 32.0 Å². The number of carboxylic acid groups (broad SMARTS) is 1. The minimum Gasteiger partial charge on any atom is -0.492 e. The highest BCUT2D eigenvalue weighted by atomic mass is 16.5. The first-order valence-corrected chi connectivity index (χ1v) is 12.4. The summed E-state index contributed by atoms with van der Waals surface area (Å²) >= 11 is 0. The Morgan fingerprint density at radius 2 is 2.05 bits per heavy atom. The van der Waals surface area contributed by atoms with E-state index in [2.05, 4.69) is 21.4 Å². The first kappa shape index (κ1) is 24.4. The molecule has 2 fully saturated rings. The second-order valence-electron chi connectivity index (χ2n) is 9.71. The summed E-state index contributed by atoms with van der Waals surface area (Å²) in [6, 6.07) is 7.46. The zero-order chi connectivity index (χ0) is 26.2. The number of carbonyl (C=O) groups is 2. The van der Waals surface area contributed by atoms with Crippen LogP contribution in [-0.2, 0) is 4.79 Å². The molecule has 0 aliphatic carbocycles. The summed E-state index contributed by atoms with van der Waals surface area (Å²) in [5.41, 5.74) is 2.46. The summed E-state index contributed by atoms with van der Waals surface area (Å²) in [4.78, 5) is 31.9. The van der Waals surface area contributed by atoms with E-state index in [0.29, 0.717) is 49.5 Å². The Hall–Kier alpha value is -4.33. The van der Waals surface area contributed by atoms with Crippen LogP contribution in [0.15, 0.2) is 36.8 Å². The number of nitrogens with zero attached hydrogens (tertiary/aromatic N) is 6. The Morgan fingerprint density at radius 3 is 2.65 bits per heavy atom. The van der Waals surface area contributed by atoms with Crippen molar-refractivity contribution >= 4 is 23.3 Å². The highest BCUT2D eigenvalue weighted by Gasteiger charge is 2.41. The molecule has 0 aromatic carbocycles. The molecule has 0 spiro atoms. The fourth-order valence-electron chi connectivity index (χ4n) is 5.00. The number of amides is 2.